The number of pyridine rings is 1. The lowest BCUT2D eigenvalue weighted by Crippen LogP contribution is -2.19. The first kappa shape index (κ1) is 15.8. The van der Waals surface area contributed by atoms with Gasteiger partial charge in [0.25, 0.3) is 5.56 Å². The van der Waals surface area contributed by atoms with E-state index < -0.39 is 0 Å². The van der Waals surface area contributed by atoms with Gasteiger partial charge in [-0.15, -0.1) is 0 Å². The molecule has 6 nitrogen and oxygen atoms in total. The topological polar surface area (TPSA) is 61.3 Å². The molecular formula is C21H13BrN4O2. The largest absolute Gasteiger partial charge is 0.328 e. The van der Waals surface area contributed by atoms with Gasteiger partial charge in [-0.25, -0.2) is 9.78 Å². The molecule has 0 fully saturated rings. The van der Waals surface area contributed by atoms with Crippen LogP contribution in [0.5, 0.6) is 0 Å². The fourth-order valence-corrected chi connectivity index (χ4v) is 4.77. The van der Waals surface area contributed by atoms with Gasteiger partial charge in [0.15, 0.2) is 0 Å². The van der Waals surface area contributed by atoms with E-state index in [-0.39, 0.29) is 11.2 Å². The van der Waals surface area contributed by atoms with Gasteiger partial charge in [0.05, 0.1) is 22.1 Å². The maximum atomic E-state index is 13.4. The molecule has 3 heterocycles. The molecule has 0 atom stereocenters. The molecule has 6 aromatic rings. The number of benzene rings is 3. The molecule has 0 bridgehead atoms. The van der Waals surface area contributed by atoms with Crippen LogP contribution in [0.3, 0.4) is 0 Å². The number of hydrogen-bond acceptors (Lipinski definition) is 3. The minimum absolute atomic E-state index is 0.103. The van der Waals surface area contributed by atoms with Crippen LogP contribution in [0.4, 0.5) is 0 Å². The first-order chi connectivity index (χ1) is 13.5. The normalized spacial score (nSPS) is 12.4. The summed E-state index contributed by atoms with van der Waals surface area (Å²) < 4.78 is 5.80. The second kappa shape index (κ2) is 4.99. The summed E-state index contributed by atoms with van der Waals surface area (Å²) in [6, 6.07) is 13.5. The standard InChI is InChI=1S/C21H13BrN4O2/c1-24-16-8-14-15(9-17(16)25(2)21(24)28)26-19(23-14)11-5-3-4-10-13(22)7-6-12(18(10)11)20(26)27/h3-9H,1-2H3. The SMILES string of the molecule is Cn1c(=O)n(C)c2cc3c(cc21)nc1c2cccc4c(Br)ccc(c(=O)n31)c42. The van der Waals surface area contributed by atoms with Crippen LogP contribution >= 0.6 is 15.9 Å². The Morgan fingerprint density at radius 2 is 1.57 bits per heavy atom. The maximum absolute atomic E-state index is 13.4. The minimum Gasteiger partial charge on any atom is -0.295 e. The van der Waals surface area contributed by atoms with Gasteiger partial charge in [0.2, 0.25) is 0 Å². The Labute approximate surface area is 165 Å². The molecule has 6 rings (SSSR count). The molecule has 0 saturated carbocycles. The summed E-state index contributed by atoms with van der Waals surface area (Å²) in [5, 5.41) is 3.50. The van der Waals surface area contributed by atoms with E-state index in [9.17, 15) is 9.59 Å². The quantitative estimate of drug-likeness (QED) is 0.368. The maximum Gasteiger partial charge on any atom is 0.328 e. The van der Waals surface area contributed by atoms with Crippen LogP contribution in [0.2, 0.25) is 0 Å². The summed E-state index contributed by atoms with van der Waals surface area (Å²) in [4.78, 5) is 30.5. The van der Waals surface area contributed by atoms with Crippen molar-refractivity contribution in [1.29, 1.82) is 0 Å². The fourth-order valence-electron chi connectivity index (χ4n) is 4.31. The molecule has 0 radical (unpaired) electrons. The van der Waals surface area contributed by atoms with Gasteiger partial charge in [-0.3, -0.25) is 18.3 Å². The lowest BCUT2D eigenvalue weighted by atomic mass is 10.0. The highest BCUT2D eigenvalue weighted by Crippen LogP contribution is 2.34. The van der Waals surface area contributed by atoms with Crippen LogP contribution < -0.4 is 11.2 Å². The van der Waals surface area contributed by atoms with Crippen molar-refractivity contribution in [3.8, 4) is 0 Å². The Morgan fingerprint density at radius 3 is 2.36 bits per heavy atom. The number of imidazole rings is 2. The summed E-state index contributed by atoms with van der Waals surface area (Å²) >= 11 is 3.59. The van der Waals surface area contributed by atoms with Crippen molar-refractivity contribution in [3.05, 3.63) is 67.8 Å². The van der Waals surface area contributed by atoms with Crippen LogP contribution in [0.25, 0.3) is 49.3 Å². The third kappa shape index (κ3) is 1.70. The monoisotopic (exact) mass is 432 g/mol. The van der Waals surface area contributed by atoms with E-state index in [0.29, 0.717) is 22.1 Å². The highest BCUT2D eigenvalue weighted by Gasteiger charge is 2.18. The zero-order valence-corrected chi connectivity index (χ0v) is 16.6. The van der Waals surface area contributed by atoms with Crippen molar-refractivity contribution < 1.29 is 0 Å². The van der Waals surface area contributed by atoms with E-state index in [1.165, 1.54) is 0 Å². The number of nitrogens with zero attached hydrogens (tertiary/aromatic N) is 4. The van der Waals surface area contributed by atoms with Crippen molar-refractivity contribution in [3.63, 3.8) is 0 Å². The van der Waals surface area contributed by atoms with E-state index in [2.05, 4.69) is 15.9 Å². The summed E-state index contributed by atoms with van der Waals surface area (Å²) in [6.45, 7) is 0. The first-order valence-corrected chi connectivity index (χ1v) is 9.61. The molecule has 3 aromatic heterocycles. The van der Waals surface area contributed by atoms with Gasteiger partial charge in [0, 0.05) is 34.7 Å². The Morgan fingerprint density at radius 1 is 0.857 bits per heavy atom. The molecule has 3 aromatic carbocycles. The van der Waals surface area contributed by atoms with Crippen LogP contribution in [0, 0.1) is 0 Å². The van der Waals surface area contributed by atoms with Crippen molar-refractivity contribution >= 4 is 65.2 Å². The third-order valence-corrected chi connectivity index (χ3v) is 6.40. The predicted octanol–water partition coefficient (Wildman–Crippen LogP) is 3.54. The molecule has 0 aliphatic rings. The Hall–Kier alpha value is -3.19. The number of halogens is 1. The number of fused-ring (bicyclic) bond motifs is 5. The van der Waals surface area contributed by atoms with Crippen molar-refractivity contribution in [2.75, 3.05) is 0 Å². The van der Waals surface area contributed by atoms with Crippen LogP contribution in [0.15, 0.2) is 56.5 Å². The smallest absolute Gasteiger partial charge is 0.295 e. The van der Waals surface area contributed by atoms with E-state index in [4.69, 9.17) is 4.98 Å². The molecule has 0 amide bonds. The van der Waals surface area contributed by atoms with Gasteiger partial charge >= 0.3 is 5.69 Å². The molecule has 0 spiro atoms. The molecule has 0 unspecified atom stereocenters. The second-order valence-corrected chi connectivity index (χ2v) is 7.98. The highest BCUT2D eigenvalue weighted by molar-refractivity contribution is 9.10. The van der Waals surface area contributed by atoms with Gasteiger partial charge in [-0.05, 0) is 29.7 Å². The third-order valence-electron chi connectivity index (χ3n) is 5.71. The number of aromatic nitrogens is 4. The van der Waals surface area contributed by atoms with E-state index >= 15 is 0 Å². The second-order valence-electron chi connectivity index (χ2n) is 7.13. The average Bonchev–Trinajstić information content (AvgIpc) is 3.17. The van der Waals surface area contributed by atoms with Crippen molar-refractivity contribution in [2.24, 2.45) is 14.1 Å². The Balaban J connectivity index is 1.96. The molecule has 0 aliphatic carbocycles. The van der Waals surface area contributed by atoms with Crippen LogP contribution in [-0.4, -0.2) is 18.5 Å². The average molecular weight is 433 g/mol. The molecule has 0 saturated heterocycles. The predicted molar refractivity (Wildman–Crippen MR) is 115 cm³/mol. The van der Waals surface area contributed by atoms with Crippen LogP contribution in [0.1, 0.15) is 0 Å². The lowest BCUT2D eigenvalue weighted by Gasteiger charge is -2.08. The lowest BCUT2D eigenvalue weighted by molar-refractivity contribution is 0.795. The summed E-state index contributed by atoms with van der Waals surface area (Å²) in [6.07, 6.45) is 0. The zero-order chi connectivity index (χ0) is 19.3. The molecular weight excluding hydrogens is 420 g/mol. The highest BCUT2D eigenvalue weighted by atomic mass is 79.9. The van der Waals surface area contributed by atoms with E-state index in [1.54, 1.807) is 27.6 Å². The molecule has 28 heavy (non-hydrogen) atoms. The summed E-state index contributed by atoms with van der Waals surface area (Å²) in [7, 11) is 3.48. The fraction of sp³-hybridized carbons (Fsp3) is 0.0952. The Kier molecular flexibility index (Phi) is 2.82. The van der Waals surface area contributed by atoms with Crippen molar-refractivity contribution in [1.82, 2.24) is 18.5 Å². The molecule has 0 aliphatic heterocycles. The van der Waals surface area contributed by atoms with Gasteiger partial charge < -0.3 is 0 Å². The minimum atomic E-state index is -0.104. The molecule has 0 N–H and O–H groups in total. The summed E-state index contributed by atoms with van der Waals surface area (Å²) in [5.41, 5.74) is 3.40. The molecule has 7 heteroatoms. The summed E-state index contributed by atoms with van der Waals surface area (Å²) in [5.74, 6) is 0. The molecule has 136 valence electrons. The number of aryl methyl sites for hydroxylation is 2. The number of hydrogen-bond donors (Lipinski definition) is 0. The zero-order valence-electron chi connectivity index (χ0n) is 15.0. The first-order valence-electron chi connectivity index (χ1n) is 8.81. The van der Waals surface area contributed by atoms with E-state index in [0.717, 1.165) is 31.7 Å². The van der Waals surface area contributed by atoms with Gasteiger partial charge in [-0.1, -0.05) is 34.1 Å². The Bertz CT molecular complexity index is 1740. The number of rotatable bonds is 0. The van der Waals surface area contributed by atoms with Crippen molar-refractivity contribution in [2.45, 2.75) is 0 Å². The van der Waals surface area contributed by atoms with Gasteiger partial charge in [-0.2, -0.15) is 0 Å². The van der Waals surface area contributed by atoms with Gasteiger partial charge in [0.1, 0.15) is 5.65 Å². The van der Waals surface area contributed by atoms with Crippen LogP contribution in [-0.2, 0) is 14.1 Å². The van der Waals surface area contributed by atoms with E-state index in [1.807, 2.05) is 42.5 Å².